The number of fused-ring (bicyclic) bond motifs is 3. The third kappa shape index (κ3) is 13.6. The minimum absolute atomic E-state index is 0.0396. The molecule has 75 heavy (non-hydrogen) atoms. The first-order chi connectivity index (χ1) is 35.2. The van der Waals surface area contributed by atoms with Gasteiger partial charge in [-0.2, -0.15) is 13.2 Å². The summed E-state index contributed by atoms with van der Waals surface area (Å²) in [5, 5.41) is 4.56. The van der Waals surface area contributed by atoms with Crippen molar-refractivity contribution in [3.05, 3.63) is 53.6 Å². The maximum atomic E-state index is 17.8. The van der Waals surface area contributed by atoms with E-state index in [4.69, 9.17) is 14.5 Å². The number of halogens is 7. The van der Waals surface area contributed by atoms with E-state index in [1.807, 2.05) is 20.9 Å². The van der Waals surface area contributed by atoms with E-state index in [2.05, 4.69) is 38.0 Å². The Hall–Kier alpha value is -5.05. The summed E-state index contributed by atoms with van der Waals surface area (Å²) in [6, 6.07) is 1.97. The standard InChI is InChI=1S/C53H66F7N9O5.Os/c1-31(2)43(66(8)48(70)35-23-34(24-35)14-16-52(55,56)57)28-62-40-15-17-61-32(3)37-12-13-42-44(45(37)54)39(26-51(5,6)30-74-50(72)41-11-10-18-69(64-41)49(40)71)47(68(42)29-53(58,59)60)38-25-36(27-63-46(38)33(4)73-9)67-21-19-65(7)20-22-67;/h12-13,17,25,27,31,33-35,40-41,43,62,64H,3,10-11,15,18-24,26,29-30H2,1-2,4-9H3;/t33-,34?,35?,40-,41-,43+;/m0./s1. The number of alkyl halides is 6. The number of nitrogens with zero attached hydrogens (tertiary/aromatic N) is 7. The number of hydrogen-bond donors (Lipinski definition) is 2. The number of anilines is 1. The maximum absolute atomic E-state index is 17.8. The molecule has 5 heterocycles. The van der Waals surface area contributed by atoms with Gasteiger partial charge in [0, 0.05) is 38.9 Å². The summed E-state index contributed by atoms with van der Waals surface area (Å²) in [4.78, 5) is 57.5. The van der Waals surface area contributed by atoms with Gasteiger partial charge in [0.25, 0.3) is 0 Å². The molecule has 7 rings (SSSR count). The molecule has 1 saturated carbocycles. The van der Waals surface area contributed by atoms with Crippen molar-refractivity contribution in [2.75, 3.05) is 65.4 Å². The number of cyclic esters (lactones) is 1. The van der Waals surface area contributed by atoms with Crippen LogP contribution in [0.1, 0.15) is 89.6 Å². The number of rotatable bonds is 11. The Bertz CT molecular complexity index is 2750. The SMILES string of the molecule is C=C1N=CC[C@H](N[C](=[Os])[C@H](C(C)C)N(C)C(=O)C2CC(C#CC(F)(F)F)C2)C(=O)N2CCC[C@H](N2)C(=O)OCC(C)(C)Cc2c(-c3cc(N4CCN(C)CC4)cnc3[C@H](C)OC)n(CC(F)(F)F)c3ccc1c(F)c23. The van der Waals surface area contributed by atoms with Crippen LogP contribution in [0.3, 0.4) is 0 Å². The third-order valence-electron chi connectivity index (χ3n) is 14.4. The molecule has 1 aliphatic carbocycles. The predicted molar refractivity (Wildman–Crippen MR) is 268 cm³/mol. The number of aliphatic imine (C=N–C) groups is 1. The van der Waals surface area contributed by atoms with E-state index < -0.39 is 78.1 Å². The predicted octanol–water partition coefficient (Wildman–Crippen LogP) is 7.63. The summed E-state index contributed by atoms with van der Waals surface area (Å²) in [6.07, 6.45) is -6.06. The summed E-state index contributed by atoms with van der Waals surface area (Å²) in [5.74, 6) is -0.0559. The number of likely N-dealkylation sites (N-methyl/N-ethyl adjacent to an activating group) is 2. The number of amides is 2. The first-order valence-corrected chi connectivity index (χ1v) is 26.4. The fourth-order valence-electron chi connectivity index (χ4n) is 10.3. The molecule has 0 spiro atoms. The summed E-state index contributed by atoms with van der Waals surface area (Å²) >= 11 is 1.45. The molecule has 2 N–H and O–H groups in total. The molecule has 3 aromatic rings. The van der Waals surface area contributed by atoms with Crippen LogP contribution < -0.4 is 15.6 Å². The molecule has 14 nitrogen and oxygen atoms in total. The van der Waals surface area contributed by atoms with E-state index in [1.54, 1.807) is 40.1 Å². The molecular weight excluding hydrogens is 1170 g/mol. The normalized spacial score (nSPS) is 23.0. The molecule has 4 bridgehead atoms. The summed E-state index contributed by atoms with van der Waals surface area (Å²) in [7, 11) is 5.09. The van der Waals surface area contributed by atoms with E-state index in [-0.39, 0.29) is 84.1 Å². The molecule has 4 atom stereocenters. The zero-order valence-electron chi connectivity index (χ0n) is 43.5. The number of benzene rings is 1. The number of esters is 1. The van der Waals surface area contributed by atoms with Gasteiger partial charge in [0.1, 0.15) is 6.54 Å². The van der Waals surface area contributed by atoms with Crippen molar-refractivity contribution in [2.24, 2.45) is 28.2 Å². The van der Waals surface area contributed by atoms with Crippen LogP contribution >= 0.6 is 0 Å². The number of carbonyl (C=O) groups is 3. The zero-order valence-corrected chi connectivity index (χ0v) is 46.0. The molecule has 3 aliphatic heterocycles. The molecule has 2 amide bonds. The van der Waals surface area contributed by atoms with E-state index >= 15 is 4.39 Å². The van der Waals surface area contributed by atoms with E-state index in [1.165, 1.54) is 59.4 Å². The molecule has 0 unspecified atom stereocenters. The Morgan fingerprint density at radius 3 is 2.41 bits per heavy atom. The van der Waals surface area contributed by atoms with Gasteiger partial charge < -0.3 is 14.5 Å². The Morgan fingerprint density at radius 2 is 1.77 bits per heavy atom. The van der Waals surface area contributed by atoms with Crippen molar-refractivity contribution in [2.45, 2.75) is 116 Å². The Kier molecular flexibility index (Phi) is 17.9. The number of carbonyl (C=O) groups excluding carboxylic acids is 3. The van der Waals surface area contributed by atoms with Crippen LogP contribution in [0.15, 0.2) is 36.0 Å². The molecule has 3 fully saturated rings. The van der Waals surface area contributed by atoms with Crippen LogP contribution in [-0.2, 0) is 55.0 Å². The average molecular weight is 1230 g/mol. The van der Waals surface area contributed by atoms with Gasteiger partial charge >= 0.3 is 323 Å². The summed E-state index contributed by atoms with van der Waals surface area (Å²) in [6.45, 7) is 14.5. The average Bonchev–Trinajstić information content (AvgIpc) is 3.61. The number of nitrogens with one attached hydrogen (secondary N) is 2. The van der Waals surface area contributed by atoms with E-state index in [0.717, 1.165) is 17.7 Å². The monoisotopic (exact) mass is 1230 g/mol. The van der Waals surface area contributed by atoms with Gasteiger partial charge in [0.05, 0.1) is 23.7 Å². The van der Waals surface area contributed by atoms with Crippen LogP contribution in [0.2, 0.25) is 0 Å². The van der Waals surface area contributed by atoms with Gasteiger partial charge in [0.2, 0.25) is 0 Å². The fraction of sp³-hybridized carbons (Fsp3) is 0.585. The van der Waals surface area contributed by atoms with Gasteiger partial charge in [-0.25, -0.2) is 0 Å². The number of aromatic nitrogens is 2. The van der Waals surface area contributed by atoms with Crippen molar-refractivity contribution < 1.29 is 72.7 Å². The molecule has 0 radical (unpaired) electrons. The quantitative estimate of drug-likeness (QED) is 0.112. The van der Waals surface area contributed by atoms with Crippen LogP contribution in [0.4, 0.5) is 36.4 Å². The van der Waals surface area contributed by atoms with Crippen molar-refractivity contribution in [1.82, 2.24) is 35.1 Å². The van der Waals surface area contributed by atoms with Crippen LogP contribution in [0, 0.1) is 40.8 Å². The minimum atomic E-state index is -4.76. The Morgan fingerprint density at radius 1 is 1.08 bits per heavy atom. The second kappa shape index (κ2) is 23.3. The van der Waals surface area contributed by atoms with Crippen LogP contribution in [0.5, 0.6) is 0 Å². The van der Waals surface area contributed by atoms with Crippen LogP contribution in [0.25, 0.3) is 27.9 Å². The Balaban J connectivity index is 1.30. The van der Waals surface area contributed by atoms with Crippen LogP contribution in [-0.4, -0.2) is 144 Å². The van der Waals surface area contributed by atoms with Crippen molar-refractivity contribution in [1.29, 1.82) is 0 Å². The second-order valence-corrected chi connectivity index (χ2v) is 22.6. The first kappa shape index (κ1) is 57.6. The first-order valence-electron chi connectivity index (χ1n) is 25.1. The number of methoxy groups -OCH3 is 1. The molecule has 2 saturated heterocycles. The number of piperazine rings is 1. The second-order valence-electron chi connectivity index (χ2n) is 21.2. The van der Waals surface area contributed by atoms with Gasteiger partial charge in [0.15, 0.2) is 0 Å². The molecule has 4 aliphatic rings. The van der Waals surface area contributed by atoms with E-state index in [9.17, 15) is 40.7 Å². The Labute approximate surface area is 443 Å². The molecule has 2 aromatic heterocycles. The number of hydrazine groups is 1. The van der Waals surface area contributed by atoms with Gasteiger partial charge in [-0.1, -0.05) is 0 Å². The summed E-state index contributed by atoms with van der Waals surface area (Å²) < 4.78 is 114. The zero-order chi connectivity index (χ0) is 54.9. The number of pyridine rings is 1. The molecular formula is C53H66F7N9O5Os. The van der Waals surface area contributed by atoms with Gasteiger partial charge in [-0.05, 0) is 20.0 Å². The van der Waals surface area contributed by atoms with Crippen molar-refractivity contribution in [3.63, 3.8) is 0 Å². The molecule has 410 valence electrons. The number of ether oxygens (including phenoxy) is 2. The summed E-state index contributed by atoms with van der Waals surface area (Å²) in [5.41, 5.74) is 3.50. The molecule has 1 aromatic carbocycles. The van der Waals surface area contributed by atoms with Crippen molar-refractivity contribution in [3.8, 4) is 23.1 Å². The van der Waals surface area contributed by atoms with Crippen molar-refractivity contribution >= 4 is 50.5 Å². The fourth-order valence-corrected chi connectivity index (χ4v) is 12.1. The van der Waals surface area contributed by atoms with E-state index in [0.29, 0.717) is 47.1 Å². The van der Waals surface area contributed by atoms with Gasteiger partial charge in [-0.3, -0.25) is 4.98 Å². The molecule has 22 heteroatoms. The topological polar surface area (TPSA) is 137 Å². The van der Waals surface area contributed by atoms with Gasteiger partial charge in [-0.15, -0.1) is 0 Å². The number of hydrogen-bond acceptors (Lipinski definition) is 11. The third-order valence-corrected chi connectivity index (χ3v) is 15.5.